The molecule has 88 valence electrons. The van der Waals surface area contributed by atoms with Crippen molar-refractivity contribution in [2.45, 2.75) is 6.18 Å². The summed E-state index contributed by atoms with van der Waals surface area (Å²) in [7, 11) is 0. The van der Waals surface area contributed by atoms with E-state index in [1.165, 1.54) is 0 Å². The molecule has 0 amide bonds. The van der Waals surface area contributed by atoms with E-state index in [0.717, 1.165) is 6.07 Å². The van der Waals surface area contributed by atoms with Crippen LogP contribution in [0.1, 0.15) is 0 Å². The lowest BCUT2D eigenvalue weighted by molar-refractivity contribution is -0.387. The van der Waals surface area contributed by atoms with E-state index in [1.807, 2.05) is 0 Å². The molecule has 0 heterocycles. The van der Waals surface area contributed by atoms with E-state index in [4.69, 9.17) is 0 Å². The van der Waals surface area contributed by atoms with E-state index < -0.39 is 35.0 Å². The summed E-state index contributed by atoms with van der Waals surface area (Å²) in [6, 6.07) is 2.15. The summed E-state index contributed by atoms with van der Waals surface area (Å²) in [5, 5.41) is 10.3. The standard InChI is InChI=1S/C8H5F4NO3/c9-6-2-1-5(3-7(6)13(14)15)16-4-8(10,11)12/h1-3H,4H2. The molecule has 0 fully saturated rings. The van der Waals surface area contributed by atoms with E-state index in [9.17, 15) is 27.7 Å². The van der Waals surface area contributed by atoms with Crippen LogP contribution >= 0.6 is 0 Å². The molecule has 16 heavy (non-hydrogen) atoms. The second-order valence-corrected chi connectivity index (χ2v) is 2.77. The molecule has 1 aromatic rings. The van der Waals surface area contributed by atoms with Crippen LogP contribution in [0.2, 0.25) is 0 Å². The highest BCUT2D eigenvalue weighted by molar-refractivity contribution is 5.39. The summed E-state index contributed by atoms with van der Waals surface area (Å²) in [6.07, 6.45) is -4.55. The molecule has 4 nitrogen and oxygen atoms in total. The first-order valence-corrected chi connectivity index (χ1v) is 3.93. The van der Waals surface area contributed by atoms with Crippen molar-refractivity contribution in [2.75, 3.05) is 6.61 Å². The number of rotatable bonds is 3. The van der Waals surface area contributed by atoms with Crippen LogP contribution in [0.4, 0.5) is 23.2 Å². The molecule has 0 aliphatic rings. The van der Waals surface area contributed by atoms with Crippen molar-refractivity contribution >= 4 is 5.69 Å². The number of alkyl halides is 3. The molecule has 0 saturated heterocycles. The molecule has 0 radical (unpaired) electrons. The minimum Gasteiger partial charge on any atom is -0.484 e. The van der Waals surface area contributed by atoms with Gasteiger partial charge >= 0.3 is 11.9 Å². The number of hydrogen-bond acceptors (Lipinski definition) is 3. The maximum absolute atomic E-state index is 12.8. The van der Waals surface area contributed by atoms with Crippen molar-refractivity contribution < 1.29 is 27.2 Å². The lowest BCUT2D eigenvalue weighted by atomic mass is 10.3. The molecule has 0 aliphatic heterocycles. The van der Waals surface area contributed by atoms with Crippen LogP contribution in [0.5, 0.6) is 5.75 Å². The van der Waals surface area contributed by atoms with Crippen LogP contribution in [0.3, 0.4) is 0 Å². The third-order valence-electron chi connectivity index (χ3n) is 1.52. The van der Waals surface area contributed by atoms with Crippen molar-refractivity contribution in [1.82, 2.24) is 0 Å². The van der Waals surface area contributed by atoms with Gasteiger partial charge in [0.2, 0.25) is 5.82 Å². The van der Waals surface area contributed by atoms with Crippen LogP contribution in [0.25, 0.3) is 0 Å². The summed E-state index contributed by atoms with van der Waals surface area (Å²) >= 11 is 0. The molecule has 1 aromatic carbocycles. The van der Waals surface area contributed by atoms with Crippen LogP contribution in [0, 0.1) is 15.9 Å². The Balaban J connectivity index is 2.83. The van der Waals surface area contributed by atoms with E-state index in [0.29, 0.717) is 12.1 Å². The molecule has 0 aromatic heterocycles. The first kappa shape index (κ1) is 12.2. The van der Waals surface area contributed by atoms with Gasteiger partial charge in [-0.3, -0.25) is 10.1 Å². The molecule has 0 atom stereocenters. The minimum atomic E-state index is -4.55. The number of nitro benzene ring substituents is 1. The molecule has 0 N–H and O–H groups in total. The molecule has 0 aliphatic carbocycles. The smallest absolute Gasteiger partial charge is 0.422 e. The van der Waals surface area contributed by atoms with Crippen molar-refractivity contribution in [3.05, 3.63) is 34.1 Å². The Bertz CT molecular complexity index is 405. The third-order valence-corrected chi connectivity index (χ3v) is 1.52. The predicted octanol–water partition coefficient (Wildman–Crippen LogP) is 2.68. The maximum atomic E-state index is 12.8. The maximum Gasteiger partial charge on any atom is 0.422 e. The average molecular weight is 239 g/mol. The highest BCUT2D eigenvalue weighted by Crippen LogP contribution is 2.24. The molecule has 0 saturated carbocycles. The molecule has 0 unspecified atom stereocenters. The van der Waals surface area contributed by atoms with Crippen molar-refractivity contribution in [3.63, 3.8) is 0 Å². The molecule has 0 bridgehead atoms. The fraction of sp³-hybridized carbons (Fsp3) is 0.250. The van der Waals surface area contributed by atoms with Gasteiger partial charge in [0.05, 0.1) is 11.0 Å². The van der Waals surface area contributed by atoms with E-state index in [2.05, 4.69) is 4.74 Å². The molecule has 8 heteroatoms. The van der Waals surface area contributed by atoms with Gasteiger partial charge in [-0.2, -0.15) is 17.6 Å². The van der Waals surface area contributed by atoms with Crippen molar-refractivity contribution in [3.8, 4) is 5.75 Å². The molecule has 0 spiro atoms. The fourth-order valence-electron chi connectivity index (χ4n) is 0.887. The molecular weight excluding hydrogens is 234 g/mol. The number of benzene rings is 1. The lowest BCUT2D eigenvalue weighted by Gasteiger charge is -2.08. The Labute approximate surface area is 86.6 Å². The predicted molar refractivity (Wildman–Crippen MR) is 44.6 cm³/mol. The topological polar surface area (TPSA) is 52.4 Å². The van der Waals surface area contributed by atoms with Gasteiger partial charge in [-0.05, 0) is 12.1 Å². The fourth-order valence-corrected chi connectivity index (χ4v) is 0.887. The summed E-state index contributed by atoms with van der Waals surface area (Å²) in [5.74, 6) is -1.55. The first-order valence-electron chi connectivity index (χ1n) is 3.93. The second-order valence-electron chi connectivity index (χ2n) is 2.77. The number of ether oxygens (including phenoxy) is 1. The van der Waals surface area contributed by atoms with Gasteiger partial charge in [-0.25, -0.2) is 0 Å². The summed E-state index contributed by atoms with van der Waals surface area (Å²) in [5.41, 5.74) is -0.931. The third kappa shape index (κ3) is 3.37. The van der Waals surface area contributed by atoms with E-state index in [1.54, 1.807) is 0 Å². The SMILES string of the molecule is O=[N+]([O-])c1cc(OCC(F)(F)F)ccc1F. The summed E-state index contributed by atoms with van der Waals surface area (Å²) in [4.78, 5) is 9.22. The Kier molecular flexibility index (Phi) is 3.31. The quantitative estimate of drug-likeness (QED) is 0.463. The zero-order valence-corrected chi connectivity index (χ0v) is 7.62. The summed E-state index contributed by atoms with van der Waals surface area (Å²) < 4.78 is 52.2. The largest absolute Gasteiger partial charge is 0.484 e. The number of hydrogen-bond donors (Lipinski definition) is 0. The van der Waals surface area contributed by atoms with Gasteiger partial charge in [-0.1, -0.05) is 0 Å². The van der Waals surface area contributed by atoms with Crippen LogP contribution in [-0.2, 0) is 0 Å². The second kappa shape index (κ2) is 4.33. The van der Waals surface area contributed by atoms with Crippen molar-refractivity contribution in [1.29, 1.82) is 0 Å². The minimum absolute atomic E-state index is 0.412. The Morgan fingerprint density at radius 1 is 1.38 bits per heavy atom. The van der Waals surface area contributed by atoms with Gasteiger partial charge in [-0.15, -0.1) is 0 Å². The zero-order valence-electron chi connectivity index (χ0n) is 7.62. The van der Waals surface area contributed by atoms with Gasteiger partial charge in [0.15, 0.2) is 6.61 Å². The van der Waals surface area contributed by atoms with E-state index in [-0.39, 0.29) is 0 Å². The van der Waals surface area contributed by atoms with Crippen LogP contribution in [0.15, 0.2) is 18.2 Å². The van der Waals surface area contributed by atoms with Gasteiger partial charge in [0, 0.05) is 0 Å². The molecular formula is C8H5F4NO3. The average Bonchev–Trinajstić information content (AvgIpc) is 2.14. The zero-order chi connectivity index (χ0) is 12.3. The van der Waals surface area contributed by atoms with E-state index >= 15 is 0 Å². The Hall–Kier alpha value is -1.86. The number of nitro groups is 1. The van der Waals surface area contributed by atoms with Gasteiger partial charge in [0.1, 0.15) is 5.75 Å². The van der Waals surface area contributed by atoms with Gasteiger partial charge < -0.3 is 4.74 Å². The highest BCUT2D eigenvalue weighted by Gasteiger charge is 2.28. The Morgan fingerprint density at radius 3 is 2.50 bits per heavy atom. The van der Waals surface area contributed by atoms with Crippen LogP contribution in [-0.4, -0.2) is 17.7 Å². The molecule has 1 rings (SSSR count). The first-order chi connectivity index (χ1) is 7.29. The number of nitrogens with zero attached hydrogens (tertiary/aromatic N) is 1. The Morgan fingerprint density at radius 2 is 2.00 bits per heavy atom. The number of halogens is 4. The van der Waals surface area contributed by atoms with Crippen molar-refractivity contribution in [2.24, 2.45) is 0 Å². The summed E-state index contributed by atoms with van der Waals surface area (Å²) in [6.45, 7) is -1.59. The van der Waals surface area contributed by atoms with Crippen LogP contribution < -0.4 is 4.74 Å². The highest BCUT2D eigenvalue weighted by atomic mass is 19.4. The normalized spacial score (nSPS) is 11.2. The lowest BCUT2D eigenvalue weighted by Crippen LogP contribution is -2.19. The van der Waals surface area contributed by atoms with Gasteiger partial charge in [0.25, 0.3) is 0 Å². The monoisotopic (exact) mass is 239 g/mol.